The number of carbonyl (C=O) groups excluding carboxylic acids is 1. The van der Waals surface area contributed by atoms with E-state index in [9.17, 15) is 13.2 Å². The van der Waals surface area contributed by atoms with Crippen LogP contribution in [0.4, 0.5) is 4.79 Å². The zero-order chi connectivity index (χ0) is 19.2. The van der Waals surface area contributed by atoms with E-state index in [1.165, 1.54) is 6.26 Å². The molecule has 0 fully saturated rings. The zero-order valence-corrected chi connectivity index (χ0v) is 15.9. The first-order valence-corrected chi connectivity index (χ1v) is 10.0. The summed E-state index contributed by atoms with van der Waals surface area (Å²) in [4.78, 5) is 14.1. The molecule has 0 bridgehead atoms. The van der Waals surface area contributed by atoms with Crippen LogP contribution in [0.2, 0.25) is 0 Å². The van der Waals surface area contributed by atoms with E-state index in [-0.39, 0.29) is 23.5 Å². The SMILES string of the molecule is CC(c1ccc(S(C)(=O)=O)cc1)N(C)C(=O)NCC#Cc1ccccc1. The van der Waals surface area contributed by atoms with Gasteiger partial charge in [-0.15, -0.1) is 0 Å². The van der Waals surface area contributed by atoms with E-state index < -0.39 is 9.84 Å². The fourth-order valence-corrected chi connectivity index (χ4v) is 2.94. The molecule has 26 heavy (non-hydrogen) atoms. The summed E-state index contributed by atoms with van der Waals surface area (Å²) in [6.07, 6.45) is 1.17. The Morgan fingerprint density at radius 3 is 2.31 bits per heavy atom. The van der Waals surface area contributed by atoms with Gasteiger partial charge in [-0.05, 0) is 36.8 Å². The topological polar surface area (TPSA) is 66.5 Å². The van der Waals surface area contributed by atoms with Crippen molar-refractivity contribution in [1.29, 1.82) is 0 Å². The Bertz CT molecular complexity index is 911. The molecule has 2 rings (SSSR count). The summed E-state index contributed by atoms with van der Waals surface area (Å²) in [5.74, 6) is 5.89. The Morgan fingerprint density at radius 2 is 1.73 bits per heavy atom. The second-order valence-electron chi connectivity index (χ2n) is 5.95. The molecular weight excluding hydrogens is 348 g/mol. The maximum atomic E-state index is 12.2. The summed E-state index contributed by atoms with van der Waals surface area (Å²) >= 11 is 0. The van der Waals surface area contributed by atoms with Crippen molar-refractivity contribution in [3.05, 3.63) is 65.7 Å². The smallest absolute Gasteiger partial charge is 0.318 e. The first-order chi connectivity index (χ1) is 12.3. The summed E-state index contributed by atoms with van der Waals surface area (Å²) in [6, 6.07) is 15.7. The van der Waals surface area contributed by atoms with Crippen LogP contribution in [-0.4, -0.2) is 39.2 Å². The number of carbonyl (C=O) groups is 1. The minimum atomic E-state index is -3.23. The van der Waals surface area contributed by atoms with Gasteiger partial charge in [-0.1, -0.05) is 42.2 Å². The summed E-state index contributed by atoms with van der Waals surface area (Å²) < 4.78 is 23.0. The monoisotopic (exact) mass is 370 g/mol. The van der Waals surface area contributed by atoms with Gasteiger partial charge in [-0.2, -0.15) is 0 Å². The number of hydrogen-bond donors (Lipinski definition) is 1. The van der Waals surface area contributed by atoms with Crippen molar-refractivity contribution in [2.24, 2.45) is 0 Å². The largest absolute Gasteiger partial charge is 0.327 e. The van der Waals surface area contributed by atoms with E-state index in [4.69, 9.17) is 0 Å². The molecule has 2 amide bonds. The van der Waals surface area contributed by atoms with E-state index >= 15 is 0 Å². The molecule has 0 spiro atoms. The fourth-order valence-electron chi connectivity index (χ4n) is 2.31. The van der Waals surface area contributed by atoms with Crippen LogP contribution in [0.1, 0.15) is 24.1 Å². The summed E-state index contributed by atoms with van der Waals surface area (Å²) in [5.41, 5.74) is 1.75. The van der Waals surface area contributed by atoms with Gasteiger partial charge in [-0.25, -0.2) is 13.2 Å². The molecular formula is C20H22N2O3S. The number of benzene rings is 2. The highest BCUT2D eigenvalue weighted by Gasteiger charge is 2.17. The van der Waals surface area contributed by atoms with Crippen LogP contribution in [0.25, 0.3) is 0 Å². The molecule has 0 heterocycles. The third-order valence-electron chi connectivity index (χ3n) is 4.03. The highest BCUT2D eigenvalue weighted by Crippen LogP contribution is 2.20. The molecule has 0 aromatic heterocycles. The number of rotatable bonds is 4. The Kier molecular flexibility index (Phi) is 6.42. The van der Waals surface area contributed by atoms with Crippen LogP contribution in [-0.2, 0) is 9.84 Å². The first kappa shape index (κ1) is 19.5. The Balaban J connectivity index is 1.94. The second-order valence-corrected chi connectivity index (χ2v) is 7.97. The van der Waals surface area contributed by atoms with E-state index in [0.717, 1.165) is 11.1 Å². The summed E-state index contributed by atoms with van der Waals surface area (Å²) in [5, 5.41) is 2.76. The van der Waals surface area contributed by atoms with E-state index in [2.05, 4.69) is 17.2 Å². The van der Waals surface area contributed by atoms with Crippen molar-refractivity contribution in [2.75, 3.05) is 19.8 Å². The Hall–Kier alpha value is -2.78. The molecule has 0 saturated carbocycles. The van der Waals surface area contributed by atoms with E-state index in [1.54, 1.807) is 36.2 Å². The van der Waals surface area contributed by atoms with Crippen molar-refractivity contribution in [2.45, 2.75) is 17.9 Å². The van der Waals surface area contributed by atoms with Crippen LogP contribution in [0.3, 0.4) is 0 Å². The lowest BCUT2D eigenvalue weighted by atomic mass is 10.1. The molecule has 5 nitrogen and oxygen atoms in total. The molecule has 136 valence electrons. The molecule has 1 atom stereocenters. The number of urea groups is 1. The summed E-state index contributed by atoms with van der Waals surface area (Å²) in [6.45, 7) is 2.13. The quantitative estimate of drug-likeness (QED) is 0.842. The lowest BCUT2D eigenvalue weighted by Gasteiger charge is -2.25. The van der Waals surface area contributed by atoms with Crippen LogP contribution >= 0.6 is 0 Å². The van der Waals surface area contributed by atoms with Gasteiger partial charge in [0, 0.05) is 18.9 Å². The fraction of sp³-hybridized carbons (Fsp3) is 0.250. The minimum Gasteiger partial charge on any atom is -0.327 e. The van der Waals surface area contributed by atoms with Gasteiger partial charge in [0.25, 0.3) is 0 Å². The molecule has 1 N–H and O–H groups in total. The molecule has 2 aromatic rings. The van der Waals surface area contributed by atoms with Crippen LogP contribution in [0.15, 0.2) is 59.5 Å². The maximum absolute atomic E-state index is 12.2. The van der Waals surface area contributed by atoms with E-state index in [0.29, 0.717) is 0 Å². The van der Waals surface area contributed by atoms with Crippen LogP contribution in [0, 0.1) is 11.8 Å². The molecule has 0 radical (unpaired) electrons. The van der Waals surface area contributed by atoms with Crippen LogP contribution in [0.5, 0.6) is 0 Å². The van der Waals surface area contributed by atoms with E-state index in [1.807, 2.05) is 37.3 Å². The van der Waals surface area contributed by atoms with Gasteiger partial charge in [0.15, 0.2) is 9.84 Å². The summed E-state index contributed by atoms with van der Waals surface area (Å²) in [7, 11) is -1.54. The Morgan fingerprint density at radius 1 is 1.12 bits per heavy atom. The first-order valence-electron chi connectivity index (χ1n) is 8.13. The minimum absolute atomic E-state index is 0.203. The lowest BCUT2D eigenvalue weighted by Crippen LogP contribution is -2.38. The van der Waals surface area contributed by atoms with Gasteiger partial charge in [0.05, 0.1) is 17.5 Å². The van der Waals surface area contributed by atoms with Gasteiger partial charge >= 0.3 is 6.03 Å². The van der Waals surface area contributed by atoms with Gasteiger partial charge in [0.1, 0.15) is 0 Å². The van der Waals surface area contributed by atoms with Gasteiger partial charge < -0.3 is 10.2 Å². The van der Waals surface area contributed by atoms with Gasteiger partial charge in [-0.3, -0.25) is 0 Å². The lowest BCUT2D eigenvalue weighted by molar-refractivity contribution is 0.195. The molecule has 0 aliphatic rings. The number of nitrogens with zero attached hydrogens (tertiary/aromatic N) is 1. The average Bonchev–Trinajstić information content (AvgIpc) is 2.64. The van der Waals surface area contributed by atoms with Crippen molar-refractivity contribution in [1.82, 2.24) is 10.2 Å². The number of hydrogen-bond acceptors (Lipinski definition) is 3. The molecule has 0 aliphatic heterocycles. The standard InChI is InChI=1S/C20H22N2O3S/c1-16(18-11-13-19(14-12-18)26(3,24)25)22(2)20(23)21-15-7-10-17-8-5-4-6-9-17/h4-6,8-9,11-14,16H,15H2,1-3H3,(H,21,23). The normalized spacial score (nSPS) is 11.8. The Labute approximate surface area is 155 Å². The van der Waals surface area contributed by atoms with Crippen molar-refractivity contribution < 1.29 is 13.2 Å². The number of sulfone groups is 1. The number of amides is 2. The highest BCUT2D eigenvalue weighted by molar-refractivity contribution is 7.90. The average molecular weight is 370 g/mol. The maximum Gasteiger partial charge on any atom is 0.318 e. The molecule has 0 saturated heterocycles. The molecule has 2 aromatic carbocycles. The van der Waals surface area contributed by atoms with Crippen molar-refractivity contribution in [3.8, 4) is 11.8 Å². The molecule has 1 unspecified atom stereocenters. The van der Waals surface area contributed by atoms with Gasteiger partial charge in [0.2, 0.25) is 0 Å². The highest BCUT2D eigenvalue weighted by atomic mass is 32.2. The second kappa shape index (κ2) is 8.54. The van der Waals surface area contributed by atoms with Crippen molar-refractivity contribution >= 4 is 15.9 Å². The molecule has 0 aliphatic carbocycles. The third kappa shape index (κ3) is 5.36. The number of nitrogens with one attached hydrogen (secondary N) is 1. The predicted octanol–water partition coefficient (Wildman–Crippen LogP) is 2.84. The van der Waals surface area contributed by atoms with Crippen molar-refractivity contribution in [3.63, 3.8) is 0 Å². The zero-order valence-electron chi connectivity index (χ0n) is 15.1. The van der Waals surface area contributed by atoms with Crippen LogP contribution < -0.4 is 5.32 Å². The predicted molar refractivity (Wildman–Crippen MR) is 102 cm³/mol. The third-order valence-corrected chi connectivity index (χ3v) is 5.15. The molecule has 6 heteroatoms.